The van der Waals surface area contributed by atoms with Crippen LogP contribution in [-0.2, 0) is 4.79 Å². The van der Waals surface area contributed by atoms with Gasteiger partial charge >= 0.3 is 0 Å². The van der Waals surface area contributed by atoms with E-state index in [1.807, 2.05) is 43.3 Å². The van der Waals surface area contributed by atoms with Gasteiger partial charge in [0.1, 0.15) is 11.6 Å². The van der Waals surface area contributed by atoms with Crippen molar-refractivity contribution in [1.29, 1.82) is 0 Å². The molecule has 0 amide bonds. The fraction of sp³-hybridized carbons (Fsp3) is 0.316. The number of hydrogen-bond donors (Lipinski definition) is 1. The van der Waals surface area contributed by atoms with E-state index < -0.39 is 0 Å². The number of carbonyl (C=O) groups is 1. The van der Waals surface area contributed by atoms with Gasteiger partial charge in [-0.1, -0.05) is 18.2 Å². The van der Waals surface area contributed by atoms with Crippen LogP contribution in [0.15, 0.2) is 42.6 Å². The number of nitrogens with one attached hydrogen (secondary N) is 1. The van der Waals surface area contributed by atoms with E-state index in [1.165, 1.54) is 0 Å². The number of rotatable bonds is 2. The maximum atomic E-state index is 12.4. The van der Waals surface area contributed by atoms with Crippen LogP contribution in [0.1, 0.15) is 42.0 Å². The molecule has 0 bridgehead atoms. The molecule has 4 rings (SSSR count). The Morgan fingerprint density at radius 2 is 1.92 bits per heavy atom. The molecule has 122 valence electrons. The molecule has 1 aliphatic rings. The predicted molar refractivity (Wildman–Crippen MR) is 92.6 cm³/mol. The fourth-order valence-corrected chi connectivity index (χ4v) is 3.58. The van der Waals surface area contributed by atoms with E-state index in [2.05, 4.69) is 21.9 Å². The summed E-state index contributed by atoms with van der Waals surface area (Å²) in [5.41, 5.74) is 4.04. The molecule has 1 aliphatic heterocycles. The van der Waals surface area contributed by atoms with Gasteiger partial charge in [-0.05, 0) is 37.7 Å². The lowest BCUT2D eigenvalue weighted by Crippen LogP contribution is -2.38. The molecule has 5 heteroatoms. The van der Waals surface area contributed by atoms with E-state index in [1.54, 1.807) is 6.20 Å². The molecule has 0 unspecified atom stereocenters. The minimum absolute atomic E-state index is 0.00865. The van der Waals surface area contributed by atoms with Crippen LogP contribution in [0.3, 0.4) is 0 Å². The van der Waals surface area contributed by atoms with Crippen molar-refractivity contribution in [3.63, 3.8) is 0 Å². The topological polar surface area (TPSA) is 61.9 Å². The Balaban J connectivity index is 1.73. The zero-order chi connectivity index (χ0) is 16.7. The average Bonchev–Trinajstić information content (AvgIpc) is 3.01. The molecule has 1 saturated heterocycles. The van der Waals surface area contributed by atoms with Gasteiger partial charge in [0.05, 0.1) is 28.8 Å². The summed E-state index contributed by atoms with van der Waals surface area (Å²) in [5.74, 6) is 1.11. The predicted octanol–water partition coefficient (Wildman–Crippen LogP) is 3.34. The van der Waals surface area contributed by atoms with Gasteiger partial charge in [0.15, 0.2) is 0 Å². The number of imidazole rings is 1. The van der Waals surface area contributed by atoms with Crippen molar-refractivity contribution < 1.29 is 4.79 Å². The molecule has 5 nitrogen and oxygen atoms in total. The number of Topliss-reactive ketones (excluding diaryl/α,β-unsaturated/α-hetero) is 1. The second-order valence-corrected chi connectivity index (χ2v) is 6.49. The summed E-state index contributed by atoms with van der Waals surface area (Å²) in [4.78, 5) is 27.2. The smallest absolute Gasteiger partial charge is 0.136 e. The summed E-state index contributed by atoms with van der Waals surface area (Å²) < 4.78 is 0. The SMILES string of the molecule is Cc1cccnc1[C@@H]1CC(=O)C[C@H](c2nc3ccccc3[nH]2)N1C. The number of likely N-dealkylation sites (tertiary alicyclic amines) is 1. The summed E-state index contributed by atoms with van der Waals surface area (Å²) in [6, 6.07) is 11.9. The van der Waals surface area contributed by atoms with Crippen molar-refractivity contribution in [2.45, 2.75) is 31.8 Å². The first-order valence-corrected chi connectivity index (χ1v) is 8.23. The number of aryl methyl sites for hydroxylation is 1. The molecular weight excluding hydrogens is 300 g/mol. The number of fused-ring (bicyclic) bond motifs is 1. The third kappa shape index (κ3) is 2.51. The van der Waals surface area contributed by atoms with Crippen LogP contribution < -0.4 is 0 Å². The average molecular weight is 320 g/mol. The van der Waals surface area contributed by atoms with Crippen LogP contribution in [0.25, 0.3) is 11.0 Å². The van der Waals surface area contributed by atoms with E-state index >= 15 is 0 Å². The first kappa shape index (κ1) is 15.0. The van der Waals surface area contributed by atoms with Crippen molar-refractivity contribution in [2.75, 3.05) is 7.05 Å². The van der Waals surface area contributed by atoms with Gasteiger partial charge in [0, 0.05) is 19.0 Å². The molecule has 0 spiro atoms. The molecule has 3 heterocycles. The van der Waals surface area contributed by atoms with E-state index in [-0.39, 0.29) is 17.9 Å². The molecule has 3 aromatic rings. The maximum Gasteiger partial charge on any atom is 0.136 e. The number of piperidine rings is 1. The van der Waals surface area contributed by atoms with Crippen LogP contribution in [0.5, 0.6) is 0 Å². The Bertz CT molecular complexity index is 868. The zero-order valence-electron chi connectivity index (χ0n) is 13.9. The van der Waals surface area contributed by atoms with Crippen LogP contribution in [-0.4, -0.2) is 32.7 Å². The molecule has 1 N–H and O–H groups in total. The van der Waals surface area contributed by atoms with Crippen LogP contribution >= 0.6 is 0 Å². The minimum Gasteiger partial charge on any atom is -0.341 e. The monoisotopic (exact) mass is 320 g/mol. The molecule has 0 radical (unpaired) electrons. The van der Waals surface area contributed by atoms with Crippen molar-refractivity contribution in [2.24, 2.45) is 0 Å². The minimum atomic E-state index is -0.0509. The summed E-state index contributed by atoms with van der Waals surface area (Å²) in [6.07, 6.45) is 2.79. The highest BCUT2D eigenvalue weighted by molar-refractivity contribution is 5.81. The molecule has 2 atom stereocenters. The van der Waals surface area contributed by atoms with E-state index in [0.29, 0.717) is 12.8 Å². The molecule has 0 saturated carbocycles. The van der Waals surface area contributed by atoms with E-state index in [9.17, 15) is 4.79 Å². The number of ketones is 1. The zero-order valence-corrected chi connectivity index (χ0v) is 13.9. The van der Waals surface area contributed by atoms with Crippen LogP contribution in [0, 0.1) is 6.92 Å². The first-order valence-electron chi connectivity index (χ1n) is 8.23. The Hall–Kier alpha value is -2.53. The highest BCUT2D eigenvalue weighted by atomic mass is 16.1. The third-order valence-electron chi connectivity index (χ3n) is 4.91. The second-order valence-electron chi connectivity index (χ2n) is 6.49. The van der Waals surface area contributed by atoms with Gasteiger partial charge < -0.3 is 4.98 Å². The number of benzene rings is 1. The normalized spacial score (nSPS) is 22.2. The number of hydrogen-bond acceptors (Lipinski definition) is 4. The fourth-order valence-electron chi connectivity index (χ4n) is 3.58. The quantitative estimate of drug-likeness (QED) is 0.786. The number of aromatic nitrogens is 3. The van der Waals surface area contributed by atoms with Gasteiger partial charge in [-0.2, -0.15) is 0 Å². The number of nitrogens with zero attached hydrogens (tertiary/aromatic N) is 3. The van der Waals surface area contributed by atoms with Gasteiger partial charge in [-0.3, -0.25) is 14.7 Å². The molecule has 1 fully saturated rings. The lowest BCUT2D eigenvalue weighted by atomic mass is 9.91. The third-order valence-corrected chi connectivity index (χ3v) is 4.91. The van der Waals surface area contributed by atoms with Gasteiger partial charge in [-0.25, -0.2) is 4.98 Å². The number of aromatic amines is 1. The lowest BCUT2D eigenvalue weighted by Gasteiger charge is -2.38. The highest BCUT2D eigenvalue weighted by Crippen LogP contribution is 2.38. The van der Waals surface area contributed by atoms with E-state index in [0.717, 1.165) is 28.1 Å². The van der Waals surface area contributed by atoms with Crippen molar-refractivity contribution in [3.05, 3.63) is 59.7 Å². The Labute approximate surface area is 140 Å². The number of carbonyl (C=O) groups excluding carboxylic acids is 1. The van der Waals surface area contributed by atoms with Crippen LogP contribution in [0.4, 0.5) is 0 Å². The number of pyridine rings is 1. The van der Waals surface area contributed by atoms with Gasteiger partial charge in [0.25, 0.3) is 0 Å². The Kier molecular flexibility index (Phi) is 3.65. The van der Waals surface area contributed by atoms with Gasteiger partial charge in [0.2, 0.25) is 0 Å². The first-order chi connectivity index (χ1) is 11.6. The Morgan fingerprint density at radius 1 is 1.12 bits per heavy atom. The number of para-hydroxylation sites is 2. The van der Waals surface area contributed by atoms with E-state index in [4.69, 9.17) is 4.98 Å². The van der Waals surface area contributed by atoms with Crippen LogP contribution in [0.2, 0.25) is 0 Å². The summed E-state index contributed by atoms with van der Waals surface area (Å²) in [7, 11) is 2.06. The standard InChI is InChI=1S/C19H20N4O/c1-12-6-5-9-20-18(12)16-10-13(24)11-17(23(16)2)19-21-14-7-3-4-8-15(14)22-19/h3-9,16-17H,10-11H2,1-2H3,(H,21,22)/t16-,17+/m0/s1. The molecular formula is C19H20N4O. The van der Waals surface area contributed by atoms with Crippen molar-refractivity contribution in [1.82, 2.24) is 19.9 Å². The van der Waals surface area contributed by atoms with Crippen molar-refractivity contribution >= 4 is 16.8 Å². The molecule has 24 heavy (non-hydrogen) atoms. The summed E-state index contributed by atoms with van der Waals surface area (Å²) >= 11 is 0. The maximum absolute atomic E-state index is 12.4. The summed E-state index contributed by atoms with van der Waals surface area (Å²) in [6.45, 7) is 2.05. The highest BCUT2D eigenvalue weighted by Gasteiger charge is 2.36. The molecule has 0 aliphatic carbocycles. The largest absolute Gasteiger partial charge is 0.341 e. The molecule has 2 aromatic heterocycles. The lowest BCUT2D eigenvalue weighted by molar-refractivity contribution is -0.125. The molecule has 1 aromatic carbocycles. The van der Waals surface area contributed by atoms with Gasteiger partial charge in [-0.15, -0.1) is 0 Å². The second kappa shape index (κ2) is 5.83. The Morgan fingerprint density at radius 3 is 2.71 bits per heavy atom. The van der Waals surface area contributed by atoms with Crippen molar-refractivity contribution in [3.8, 4) is 0 Å². The summed E-state index contributed by atoms with van der Waals surface area (Å²) in [5, 5.41) is 0. The number of H-pyrrole nitrogens is 1.